The van der Waals surface area contributed by atoms with Crippen molar-refractivity contribution < 1.29 is 13.9 Å². The van der Waals surface area contributed by atoms with E-state index in [-0.39, 0.29) is 12.4 Å². The van der Waals surface area contributed by atoms with Crippen molar-refractivity contribution >= 4 is 11.1 Å². The molecular formula is C13H12NO3S-. The molecule has 1 unspecified atom stereocenters. The van der Waals surface area contributed by atoms with Gasteiger partial charge in [0.05, 0.1) is 12.3 Å². The topological polar surface area (TPSA) is 73.2 Å². The molecule has 0 aliphatic heterocycles. The number of aliphatic hydroxyl groups excluding tert-OH is 1. The Morgan fingerprint density at radius 2 is 1.78 bits per heavy atom. The highest BCUT2D eigenvalue weighted by Gasteiger charge is 1.99. The minimum absolute atomic E-state index is 0.0297. The molecule has 0 aliphatic carbocycles. The summed E-state index contributed by atoms with van der Waals surface area (Å²) in [5, 5.41) is 8.90. The van der Waals surface area contributed by atoms with Crippen LogP contribution in [0.15, 0.2) is 42.6 Å². The van der Waals surface area contributed by atoms with Crippen molar-refractivity contribution in [3.05, 3.63) is 53.9 Å². The zero-order valence-corrected chi connectivity index (χ0v) is 10.4. The number of nitrogens with zero attached hydrogens (tertiary/aromatic N) is 1. The van der Waals surface area contributed by atoms with Crippen LogP contribution in [0, 0.1) is 0 Å². The van der Waals surface area contributed by atoms with E-state index >= 15 is 0 Å². The van der Waals surface area contributed by atoms with Gasteiger partial charge >= 0.3 is 0 Å². The third-order valence-electron chi connectivity index (χ3n) is 2.56. The monoisotopic (exact) mass is 262 g/mol. The van der Waals surface area contributed by atoms with E-state index in [2.05, 4.69) is 4.98 Å². The quantitative estimate of drug-likeness (QED) is 0.850. The van der Waals surface area contributed by atoms with Crippen molar-refractivity contribution in [2.24, 2.45) is 0 Å². The molecule has 5 heteroatoms. The fourth-order valence-electron chi connectivity index (χ4n) is 1.62. The number of hydrogen-bond donors (Lipinski definition) is 1. The molecule has 0 saturated carbocycles. The Morgan fingerprint density at radius 1 is 1.11 bits per heavy atom. The zero-order chi connectivity index (χ0) is 13.0. The van der Waals surface area contributed by atoms with Gasteiger partial charge in [0, 0.05) is 17.5 Å². The van der Waals surface area contributed by atoms with Gasteiger partial charge in [-0.1, -0.05) is 41.4 Å². The minimum atomic E-state index is -2.06. The largest absolute Gasteiger partial charge is 0.772 e. The SMILES string of the molecule is O=S([O-])Cc1ccc(-c2ccc(CO)nc2)cc1. The molecular weight excluding hydrogens is 250 g/mol. The minimum Gasteiger partial charge on any atom is -0.772 e. The molecule has 0 bridgehead atoms. The lowest BCUT2D eigenvalue weighted by molar-refractivity contribution is 0.277. The van der Waals surface area contributed by atoms with Crippen LogP contribution in [-0.4, -0.2) is 18.9 Å². The third-order valence-corrected chi connectivity index (χ3v) is 3.13. The van der Waals surface area contributed by atoms with E-state index < -0.39 is 11.1 Å². The Balaban J connectivity index is 2.20. The van der Waals surface area contributed by atoms with Crippen molar-refractivity contribution in [1.29, 1.82) is 0 Å². The summed E-state index contributed by atoms with van der Waals surface area (Å²) >= 11 is -2.06. The fourth-order valence-corrected chi connectivity index (χ4v) is 2.08. The number of aliphatic hydroxyl groups is 1. The van der Waals surface area contributed by atoms with Crippen LogP contribution in [0.4, 0.5) is 0 Å². The van der Waals surface area contributed by atoms with Crippen LogP contribution >= 0.6 is 0 Å². The lowest BCUT2D eigenvalue weighted by Crippen LogP contribution is -1.93. The van der Waals surface area contributed by atoms with Gasteiger partial charge in [0.25, 0.3) is 0 Å². The fraction of sp³-hybridized carbons (Fsp3) is 0.154. The summed E-state index contributed by atoms with van der Waals surface area (Å²) in [4.78, 5) is 4.10. The number of benzene rings is 1. The highest BCUT2D eigenvalue weighted by molar-refractivity contribution is 7.78. The molecule has 18 heavy (non-hydrogen) atoms. The Kier molecular flexibility index (Phi) is 4.19. The molecule has 0 spiro atoms. The first kappa shape index (κ1) is 12.9. The van der Waals surface area contributed by atoms with Crippen molar-refractivity contribution in [3.8, 4) is 11.1 Å². The molecule has 1 atom stereocenters. The Bertz CT molecular complexity index is 537. The smallest absolute Gasteiger partial charge is 0.0852 e. The van der Waals surface area contributed by atoms with Crippen molar-refractivity contribution in [2.75, 3.05) is 0 Å². The summed E-state index contributed by atoms with van der Waals surface area (Å²) in [6, 6.07) is 10.9. The molecule has 0 saturated heterocycles. The van der Waals surface area contributed by atoms with E-state index in [1.165, 1.54) is 0 Å². The van der Waals surface area contributed by atoms with Gasteiger partial charge in [0.1, 0.15) is 0 Å². The van der Waals surface area contributed by atoms with Gasteiger partial charge in [0.2, 0.25) is 0 Å². The third kappa shape index (κ3) is 3.22. The van der Waals surface area contributed by atoms with Crippen molar-refractivity contribution in [1.82, 2.24) is 4.98 Å². The zero-order valence-electron chi connectivity index (χ0n) is 9.57. The van der Waals surface area contributed by atoms with Gasteiger partial charge in [-0.3, -0.25) is 9.19 Å². The van der Waals surface area contributed by atoms with E-state index in [0.717, 1.165) is 16.7 Å². The molecule has 1 heterocycles. The molecule has 0 fully saturated rings. The second-order valence-electron chi connectivity index (χ2n) is 3.84. The number of aromatic nitrogens is 1. The van der Waals surface area contributed by atoms with Crippen LogP contribution in [0.5, 0.6) is 0 Å². The molecule has 0 aliphatic rings. The Hall–Kier alpha value is -1.56. The van der Waals surface area contributed by atoms with Crippen molar-refractivity contribution in [2.45, 2.75) is 12.4 Å². The molecule has 0 radical (unpaired) electrons. The maximum atomic E-state index is 10.6. The van der Waals surface area contributed by atoms with Crippen LogP contribution in [0.25, 0.3) is 11.1 Å². The standard InChI is InChI=1S/C13H13NO3S/c15-8-13-6-5-12(7-14-13)11-3-1-10(2-4-11)9-18(16)17/h1-7,15H,8-9H2,(H,16,17)/p-1. The van der Waals surface area contributed by atoms with E-state index in [4.69, 9.17) is 5.11 Å². The first-order valence-electron chi connectivity index (χ1n) is 5.40. The Labute approximate surface area is 108 Å². The van der Waals surface area contributed by atoms with Gasteiger partial charge in [0.15, 0.2) is 0 Å². The molecule has 0 amide bonds. The lowest BCUT2D eigenvalue weighted by atomic mass is 10.1. The highest BCUT2D eigenvalue weighted by atomic mass is 32.2. The number of pyridine rings is 1. The summed E-state index contributed by atoms with van der Waals surface area (Å²) in [5.41, 5.74) is 3.28. The predicted octanol–water partition coefficient (Wildman–Crippen LogP) is 1.62. The van der Waals surface area contributed by atoms with E-state index in [1.54, 1.807) is 24.4 Å². The molecule has 1 aromatic heterocycles. The second kappa shape index (κ2) is 5.86. The van der Waals surface area contributed by atoms with Gasteiger partial charge < -0.3 is 9.66 Å². The molecule has 1 N–H and O–H groups in total. The van der Waals surface area contributed by atoms with E-state index in [9.17, 15) is 8.76 Å². The average molecular weight is 262 g/mol. The van der Waals surface area contributed by atoms with Gasteiger partial charge in [-0.25, -0.2) is 0 Å². The molecule has 2 rings (SSSR count). The second-order valence-corrected chi connectivity index (χ2v) is 4.74. The summed E-state index contributed by atoms with van der Waals surface area (Å²) < 4.78 is 21.1. The molecule has 4 nitrogen and oxygen atoms in total. The van der Waals surface area contributed by atoms with Crippen LogP contribution in [0.3, 0.4) is 0 Å². The summed E-state index contributed by atoms with van der Waals surface area (Å²) in [6.07, 6.45) is 1.69. The maximum Gasteiger partial charge on any atom is 0.0852 e. The predicted molar refractivity (Wildman–Crippen MR) is 68.2 cm³/mol. The lowest BCUT2D eigenvalue weighted by Gasteiger charge is -2.06. The van der Waals surface area contributed by atoms with Crippen LogP contribution < -0.4 is 0 Å². The van der Waals surface area contributed by atoms with Crippen LogP contribution in [0.1, 0.15) is 11.3 Å². The average Bonchev–Trinajstić information content (AvgIpc) is 2.39. The summed E-state index contributed by atoms with van der Waals surface area (Å²) in [7, 11) is 0. The first-order chi connectivity index (χ1) is 8.69. The van der Waals surface area contributed by atoms with Gasteiger partial charge in [-0.15, -0.1) is 0 Å². The molecule has 1 aromatic carbocycles. The van der Waals surface area contributed by atoms with Crippen molar-refractivity contribution in [3.63, 3.8) is 0 Å². The van der Waals surface area contributed by atoms with E-state index in [0.29, 0.717) is 5.69 Å². The van der Waals surface area contributed by atoms with Crippen LogP contribution in [0.2, 0.25) is 0 Å². The highest BCUT2D eigenvalue weighted by Crippen LogP contribution is 2.19. The normalized spacial score (nSPS) is 12.3. The van der Waals surface area contributed by atoms with Crippen LogP contribution in [-0.2, 0) is 23.4 Å². The number of rotatable bonds is 4. The maximum absolute atomic E-state index is 10.6. The van der Waals surface area contributed by atoms with Gasteiger partial charge in [-0.05, 0) is 17.2 Å². The summed E-state index contributed by atoms with van der Waals surface area (Å²) in [6.45, 7) is -0.0749. The number of hydrogen-bond acceptors (Lipinski definition) is 4. The molecule has 2 aromatic rings. The van der Waals surface area contributed by atoms with E-state index in [1.807, 2.05) is 18.2 Å². The first-order valence-corrected chi connectivity index (χ1v) is 6.64. The Morgan fingerprint density at radius 3 is 2.28 bits per heavy atom. The summed E-state index contributed by atoms with van der Waals surface area (Å²) in [5.74, 6) is 0.0297. The van der Waals surface area contributed by atoms with Gasteiger partial charge in [-0.2, -0.15) is 0 Å². The molecule has 94 valence electrons.